The number of aliphatic hydroxyl groups is 1. The quantitative estimate of drug-likeness (QED) is 0.161. The molecule has 0 aliphatic heterocycles. The number of nitrogens with two attached hydrogens (primary N) is 1. The zero-order chi connectivity index (χ0) is 28.5. The Hall–Kier alpha value is -2.46. The topological polar surface area (TPSA) is 170 Å². The van der Waals surface area contributed by atoms with Gasteiger partial charge >= 0.3 is 0 Å². The molecule has 0 saturated carbocycles. The van der Waals surface area contributed by atoms with E-state index in [1.165, 1.54) is 21.1 Å². The third-order valence-electron chi connectivity index (χ3n) is 5.64. The molecule has 0 radical (unpaired) electrons. The molecule has 0 aliphatic carbocycles. The average Bonchev–Trinajstić information content (AvgIpc) is 3.28. The first kappa shape index (κ1) is 31.8. The molecule has 2 rings (SSSR count). The molecule has 2 aromatic rings. The van der Waals surface area contributed by atoms with E-state index in [0.717, 1.165) is 16.9 Å². The number of aromatic nitrogens is 1. The van der Waals surface area contributed by atoms with Crippen molar-refractivity contribution >= 4 is 57.4 Å². The van der Waals surface area contributed by atoms with E-state index in [2.05, 4.69) is 15.6 Å². The van der Waals surface area contributed by atoms with Crippen LogP contribution in [-0.2, 0) is 30.3 Å². The molecule has 208 valence electrons. The molecule has 0 aliphatic rings. The standard InChI is InChI=1S/C25H33IN4O7S/c1-14-28-19(20(38-14)22(27)32)16(11-36-3)23(33)30-18(12-37-4)24(34)29-17(21(31)25(2,35)13-26)10-15-8-6-5-7-9-15/h5-9,16-18,35H,10-13H2,1-4H3,(H2,27,32)(H,29,34)(H,30,33)/t16-,17+,18+,25-/m1/s1. The number of aryl methyl sites for hydroxylation is 1. The number of ether oxygens (including phenoxy) is 2. The van der Waals surface area contributed by atoms with Crippen LogP contribution in [0.1, 0.15) is 38.8 Å². The van der Waals surface area contributed by atoms with E-state index in [-0.39, 0.29) is 34.6 Å². The lowest BCUT2D eigenvalue weighted by atomic mass is 9.92. The fourth-order valence-corrected chi connectivity index (χ4v) is 4.90. The maximum atomic E-state index is 13.3. The van der Waals surface area contributed by atoms with E-state index >= 15 is 0 Å². The molecule has 5 N–H and O–H groups in total. The van der Waals surface area contributed by atoms with Crippen LogP contribution in [0.15, 0.2) is 30.3 Å². The lowest BCUT2D eigenvalue weighted by Crippen LogP contribution is -2.58. The molecular formula is C25H33IN4O7S. The number of nitrogens with zero attached hydrogens (tertiary/aromatic N) is 1. The van der Waals surface area contributed by atoms with Gasteiger partial charge < -0.3 is 30.9 Å². The molecule has 0 unspecified atom stereocenters. The molecule has 0 spiro atoms. The molecule has 0 saturated heterocycles. The van der Waals surface area contributed by atoms with Crippen LogP contribution in [0.3, 0.4) is 0 Å². The van der Waals surface area contributed by atoms with Gasteiger partial charge in [0.15, 0.2) is 5.78 Å². The third-order valence-corrected chi connectivity index (χ3v) is 8.12. The molecule has 0 fully saturated rings. The average molecular weight is 661 g/mol. The number of thiazole rings is 1. The third kappa shape index (κ3) is 8.53. The van der Waals surface area contributed by atoms with Crippen molar-refractivity contribution in [1.29, 1.82) is 0 Å². The molecule has 38 heavy (non-hydrogen) atoms. The van der Waals surface area contributed by atoms with Gasteiger partial charge in [0.2, 0.25) is 11.8 Å². The van der Waals surface area contributed by atoms with Crippen LogP contribution >= 0.6 is 33.9 Å². The Balaban J connectivity index is 2.31. The minimum Gasteiger partial charge on any atom is -0.383 e. The van der Waals surface area contributed by atoms with Crippen molar-refractivity contribution < 1.29 is 33.8 Å². The van der Waals surface area contributed by atoms with E-state index in [0.29, 0.717) is 5.01 Å². The van der Waals surface area contributed by atoms with Crippen molar-refractivity contribution in [3.05, 3.63) is 51.5 Å². The number of benzene rings is 1. The predicted octanol–water partition coefficient (Wildman–Crippen LogP) is 0.894. The maximum absolute atomic E-state index is 13.3. The minimum atomic E-state index is -1.68. The number of primary amides is 1. The van der Waals surface area contributed by atoms with Crippen molar-refractivity contribution in [3.63, 3.8) is 0 Å². The number of halogens is 1. The Labute approximate surface area is 239 Å². The Bertz CT molecular complexity index is 1130. The second-order valence-electron chi connectivity index (χ2n) is 8.86. The first-order valence-corrected chi connectivity index (χ1v) is 14.0. The monoisotopic (exact) mass is 660 g/mol. The van der Waals surface area contributed by atoms with Crippen molar-refractivity contribution in [2.24, 2.45) is 5.73 Å². The number of alkyl halides is 1. The molecule has 1 aromatic carbocycles. The Morgan fingerprint density at radius 3 is 2.24 bits per heavy atom. The van der Waals surface area contributed by atoms with E-state index in [1.54, 1.807) is 31.2 Å². The zero-order valence-electron chi connectivity index (χ0n) is 21.7. The SMILES string of the molecule is COC[C@H](NC(=O)[C@H](COC)c1nc(C)sc1C(N)=O)C(=O)N[C@@H](Cc1ccccc1)C(=O)[C@](C)(O)CI. The first-order chi connectivity index (χ1) is 17.9. The van der Waals surface area contributed by atoms with Crippen molar-refractivity contribution in [2.75, 3.05) is 31.9 Å². The number of carbonyl (C=O) groups excluding carboxylic acids is 4. The number of Topliss-reactive ketones (excluding diaryl/α,β-unsaturated/α-hetero) is 1. The van der Waals surface area contributed by atoms with Gasteiger partial charge in [-0.2, -0.15) is 0 Å². The number of methoxy groups -OCH3 is 2. The summed E-state index contributed by atoms with van der Waals surface area (Å²) < 4.78 is 10.5. The Kier molecular flexibility index (Phi) is 12.2. The summed E-state index contributed by atoms with van der Waals surface area (Å²) in [5, 5.41) is 16.4. The molecule has 1 heterocycles. The second-order valence-corrected chi connectivity index (χ2v) is 10.8. The zero-order valence-corrected chi connectivity index (χ0v) is 24.6. The Morgan fingerprint density at radius 1 is 1.08 bits per heavy atom. The maximum Gasteiger partial charge on any atom is 0.260 e. The number of ketones is 1. The van der Waals surface area contributed by atoms with Crippen molar-refractivity contribution in [3.8, 4) is 0 Å². The fraction of sp³-hybridized carbons (Fsp3) is 0.480. The summed E-state index contributed by atoms with van der Waals surface area (Å²) in [6, 6.07) is 6.79. The lowest BCUT2D eigenvalue weighted by molar-refractivity contribution is -0.139. The molecule has 1 aromatic heterocycles. The highest BCUT2D eigenvalue weighted by Gasteiger charge is 2.38. The van der Waals surface area contributed by atoms with Crippen LogP contribution in [0.5, 0.6) is 0 Å². The van der Waals surface area contributed by atoms with Gasteiger partial charge in [-0.15, -0.1) is 11.3 Å². The highest BCUT2D eigenvalue weighted by molar-refractivity contribution is 14.1. The van der Waals surface area contributed by atoms with Gasteiger partial charge in [-0.25, -0.2) is 4.98 Å². The van der Waals surface area contributed by atoms with Crippen LogP contribution in [-0.4, -0.2) is 83.1 Å². The van der Waals surface area contributed by atoms with Crippen LogP contribution in [0, 0.1) is 6.92 Å². The van der Waals surface area contributed by atoms with Gasteiger partial charge in [0.25, 0.3) is 5.91 Å². The number of hydrogen-bond acceptors (Lipinski definition) is 9. The number of hydrogen-bond donors (Lipinski definition) is 4. The number of carbonyl (C=O) groups is 4. The predicted molar refractivity (Wildman–Crippen MR) is 150 cm³/mol. The molecule has 13 heteroatoms. The Morgan fingerprint density at radius 2 is 1.68 bits per heavy atom. The largest absolute Gasteiger partial charge is 0.383 e. The lowest BCUT2D eigenvalue weighted by Gasteiger charge is -2.28. The summed E-state index contributed by atoms with van der Waals surface area (Å²) in [5.41, 5.74) is 4.73. The van der Waals surface area contributed by atoms with Crippen molar-refractivity contribution in [2.45, 2.75) is 43.9 Å². The molecule has 3 amide bonds. The van der Waals surface area contributed by atoms with E-state index in [9.17, 15) is 24.3 Å². The molecule has 4 atom stereocenters. The van der Waals surface area contributed by atoms with Gasteiger partial charge in [0.1, 0.15) is 22.4 Å². The van der Waals surface area contributed by atoms with Gasteiger partial charge in [-0.1, -0.05) is 52.9 Å². The summed E-state index contributed by atoms with van der Waals surface area (Å²) in [6.45, 7) is 2.75. The van der Waals surface area contributed by atoms with Crippen molar-refractivity contribution in [1.82, 2.24) is 15.6 Å². The highest BCUT2D eigenvalue weighted by Crippen LogP contribution is 2.26. The van der Waals surface area contributed by atoms with Gasteiger partial charge in [-0.05, 0) is 25.8 Å². The van der Waals surface area contributed by atoms with E-state index < -0.39 is 47.1 Å². The van der Waals surface area contributed by atoms with Crippen LogP contribution in [0.4, 0.5) is 0 Å². The van der Waals surface area contributed by atoms with Gasteiger partial charge in [0.05, 0.1) is 30.0 Å². The first-order valence-electron chi connectivity index (χ1n) is 11.7. The highest BCUT2D eigenvalue weighted by atomic mass is 127. The van der Waals surface area contributed by atoms with E-state index in [1.807, 2.05) is 28.7 Å². The van der Waals surface area contributed by atoms with Gasteiger partial charge in [0, 0.05) is 18.6 Å². The fourth-order valence-electron chi connectivity index (χ4n) is 3.70. The van der Waals surface area contributed by atoms with Gasteiger partial charge in [-0.3, -0.25) is 19.2 Å². The minimum absolute atomic E-state index is 0.121. The second kappa shape index (κ2) is 14.6. The summed E-state index contributed by atoms with van der Waals surface area (Å²) in [7, 11) is 2.75. The summed E-state index contributed by atoms with van der Waals surface area (Å²) >= 11 is 2.96. The number of rotatable bonds is 15. The summed E-state index contributed by atoms with van der Waals surface area (Å²) in [6.07, 6.45) is 0.137. The summed E-state index contributed by atoms with van der Waals surface area (Å²) in [4.78, 5) is 56.1. The van der Waals surface area contributed by atoms with Crippen LogP contribution in [0.2, 0.25) is 0 Å². The summed E-state index contributed by atoms with van der Waals surface area (Å²) in [5.74, 6) is -3.63. The molecule has 0 bridgehead atoms. The van der Waals surface area contributed by atoms with Crippen LogP contribution < -0.4 is 16.4 Å². The molecule has 11 nitrogen and oxygen atoms in total. The number of amides is 3. The van der Waals surface area contributed by atoms with E-state index in [4.69, 9.17) is 15.2 Å². The number of nitrogens with one attached hydrogen (secondary N) is 2. The van der Waals surface area contributed by atoms with Crippen LogP contribution in [0.25, 0.3) is 0 Å². The molecular weight excluding hydrogens is 627 g/mol. The normalized spacial score (nSPS) is 15.1. The smallest absolute Gasteiger partial charge is 0.260 e.